The second-order valence-corrected chi connectivity index (χ2v) is 13.0. The van der Waals surface area contributed by atoms with Gasteiger partial charge in [-0.05, 0) is 60.1 Å². The number of rotatable bonds is 6. The van der Waals surface area contributed by atoms with Gasteiger partial charge < -0.3 is 25.4 Å². The number of carbonyl (C=O) groups is 3. The molecule has 1 aliphatic carbocycles. The van der Waals surface area contributed by atoms with Gasteiger partial charge in [-0.15, -0.1) is 0 Å². The highest BCUT2D eigenvalue weighted by Crippen LogP contribution is 2.51. The number of benzene rings is 3. The number of amides is 3. The number of para-hydroxylation sites is 1. The number of anilines is 2. The molecule has 1 fully saturated rings. The lowest BCUT2D eigenvalue weighted by molar-refractivity contribution is -0.129. The quantitative estimate of drug-likeness (QED) is 0.266. The predicted octanol–water partition coefficient (Wildman–Crippen LogP) is 6.57. The third-order valence-corrected chi connectivity index (χ3v) is 8.92. The van der Waals surface area contributed by atoms with Gasteiger partial charge in [0.15, 0.2) is 5.78 Å². The summed E-state index contributed by atoms with van der Waals surface area (Å²) in [7, 11) is 0. The number of phenols is 1. The second-order valence-electron chi connectivity index (χ2n) is 12.6. The molecule has 0 radical (unpaired) electrons. The van der Waals surface area contributed by atoms with Crippen LogP contribution in [0.3, 0.4) is 0 Å². The van der Waals surface area contributed by atoms with E-state index in [0.717, 1.165) is 18.4 Å². The van der Waals surface area contributed by atoms with E-state index in [-0.39, 0.29) is 35.8 Å². The predicted molar refractivity (Wildman–Crippen MR) is 173 cm³/mol. The number of likely N-dealkylation sites (tertiary alicyclic amines) is 1. The molecule has 234 valence electrons. The Labute approximate surface area is 267 Å². The Morgan fingerprint density at radius 3 is 2.53 bits per heavy atom. The topological polar surface area (TPSA) is 111 Å². The molecule has 1 unspecified atom stereocenters. The average molecular weight is 629 g/mol. The summed E-state index contributed by atoms with van der Waals surface area (Å²) in [6.07, 6.45) is 2.65. The van der Waals surface area contributed by atoms with Crippen LogP contribution in [-0.2, 0) is 16.2 Å². The molecular formula is C35H37ClN4O5. The van der Waals surface area contributed by atoms with Gasteiger partial charge in [-0.25, -0.2) is 4.79 Å². The van der Waals surface area contributed by atoms with Crippen LogP contribution in [0, 0.1) is 5.41 Å². The van der Waals surface area contributed by atoms with Crippen molar-refractivity contribution in [2.45, 2.75) is 52.2 Å². The number of nitrogens with one attached hydrogen (secondary N) is 2. The third kappa shape index (κ3) is 6.35. The molecule has 0 saturated carbocycles. The molecule has 1 atom stereocenters. The Kier molecular flexibility index (Phi) is 8.46. The Morgan fingerprint density at radius 2 is 1.80 bits per heavy atom. The van der Waals surface area contributed by atoms with E-state index in [1.165, 1.54) is 11.0 Å². The van der Waals surface area contributed by atoms with Gasteiger partial charge in [0.2, 0.25) is 5.91 Å². The number of aromatic hydroxyl groups is 1. The molecule has 10 heteroatoms. The van der Waals surface area contributed by atoms with E-state index in [4.69, 9.17) is 16.3 Å². The maximum atomic E-state index is 14.2. The highest BCUT2D eigenvalue weighted by molar-refractivity contribution is 6.31. The Balaban J connectivity index is 1.43. The van der Waals surface area contributed by atoms with Crippen molar-refractivity contribution in [1.82, 2.24) is 10.2 Å². The summed E-state index contributed by atoms with van der Waals surface area (Å²) in [5.41, 5.74) is 2.84. The van der Waals surface area contributed by atoms with E-state index >= 15 is 0 Å². The van der Waals surface area contributed by atoms with Crippen LogP contribution in [0.4, 0.5) is 16.2 Å². The minimum Gasteiger partial charge on any atom is -0.506 e. The van der Waals surface area contributed by atoms with E-state index in [9.17, 15) is 19.5 Å². The average Bonchev–Trinajstić information content (AvgIpc) is 3.50. The highest BCUT2D eigenvalue weighted by atomic mass is 35.5. The lowest BCUT2D eigenvalue weighted by Gasteiger charge is -2.37. The SMILES string of the molecule is CC1(C)CC(=O)C2=C(C1)Nc1c(O)cccc1N(C(=O)NCC(=O)N1CCCC1)C2c1ccc(OCc2ccccc2)cc1Cl. The van der Waals surface area contributed by atoms with Gasteiger partial charge in [0.1, 0.15) is 23.8 Å². The van der Waals surface area contributed by atoms with Crippen LogP contribution in [0.1, 0.15) is 56.7 Å². The van der Waals surface area contributed by atoms with Gasteiger partial charge in [0, 0.05) is 35.8 Å². The Morgan fingerprint density at radius 1 is 1.04 bits per heavy atom. The number of halogens is 1. The molecule has 0 spiro atoms. The second kappa shape index (κ2) is 12.5. The van der Waals surface area contributed by atoms with Crippen molar-refractivity contribution in [3.8, 4) is 11.5 Å². The maximum absolute atomic E-state index is 14.2. The Hall–Kier alpha value is -4.50. The molecule has 2 aliphatic heterocycles. The van der Waals surface area contributed by atoms with Gasteiger partial charge in [-0.1, -0.05) is 67.9 Å². The van der Waals surface area contributed by atoms with Crippen molar-refractivity contribution >= 4 is 40.7 Å². The summed E-state index contributed by atoms with van der Waals surface area (Å²) in [5, 5.41) is 17.4. The van der Waals surface area contributed by atoms with Crippen molar-refractivity contribution < 1.29 is 24.2 Å². The molecule has 9 nitrogen and oxygen atoms in total. The van der Waals surface area contributed by atoms with Gasteiger partial charge in [0.05, 0.1) is 18.3 Å². The molecule has 6 rings (SSSR count). The first kappa shape index (κ1) is 30.5. The smallest absolute Gasteiger partial charge is 0.323 e. The lowest BCUT2D eigenvalue weighted by Crippen LogP contribution is -2.47. The monoisotopic (exact) mass is 628 g/mol. The number of hydrogen-bond donors (Lipinski definition) is 3. The zero-order valence-electron chi connectivity index (χ0n) is 25.4. The fraction of sp³-hybridized carbons (Fsp3) is 0.343. The lowest BCUT2D eigenvalue weighted by atomic mass is 9.73. The van der Waals surface area contributed by atoms with E-state index in [2.05, 4.69) is 10.6 Å². The molecule has 3 aromatic carbocycles. The number of fused-ring (bicyclic) bond motifs is 1. The number of Topliss-reactive ketones (excluding diaryl/α,β-unsaturated/α-hetero) is 1. The summed E-state index contributed by atoms with van der Waals surface area (Å²) in [6.45, 7) is 5.51. The van der Waals surface area contributed by atoms with Crippen LogP contribution >= 0.6 is 11.6 Å². The molecule has 1 saturated heterocycles. The number of urea groups is 1. The summed E-state index contributed by atoms with van der Waals surface area (Å²) in [5.74, 6) is 0.166. The van der Waals surface area contributed by atoms with Gasteiger partial charge in [-0.3, -0.25) is 14.5 Å². The standard InChI is InChI=1S/C35H37ClN4O5/c1-35(2)18-26-31(29(42)19-35)33(24-14-13-23(17-25(24)36)45-21-22-9-4-3-5-10-22)40(27-11-8-12-28(41)32(27)38-26)34(44)37-20-30(43)39-15-6-7-16-39/h3-5,8-14,17,33,38,41H,6-7,15-16,18-21H2,1-2H3,(H,37,44). The van der Waals surface area contributed by atoms with Gasteiger partial charge >= 0.3 is 6.03 Å². The molecule has 0 bridgehead atoms. The van der Waals surface area contributed by atoms with E-state index in [0.29, 0.717) is 65.1 Å². The molecular weight excluding hydrogens is 592 g/mol. The summed E-state index contributed by atoms with van der Waals surface area (Å²) < 4.78 is 6.01. The molecule has 3 N–H and O–H groups in total. The van der Waals surface area contributed by atoms with Crippen LogP contribution in [-0.4, -0.2) is 47.4 Å². The van der Waals surface area contributed by atoms with Crippen LogP contribution < -0.4 is 20.3 Å². The molecule has 0 aromatic heterocycles. The zero-order valence-corrected chi connectivity index (χ0v) is 26.2. The van der Waals surface area contributed by atoms with Crippen LogP contribution in [0.15, 0.2) is 78.0 Å². The molecule has 45 heavy (non-hydrogen) atoms. The first-order chi connectivity index (χ1) is 21.6. The fourth-order valence-corrected chi connectivity index (χ4v) is 6.71. The zero-order chi connectivity index (χ0) is 31.7. The number of ether oxygens (including phenoxy) is 1. The highest BCUT2D eigenvalue weighted by Gasteiger charge is 2.44. The summed E-state index contributed by atoms with van der Waals surface area (Å²) >= 11 is 6.97. The summed E-state index contributed by atoms with van der Waals surface area (Å²) in [4.78, 5) is 44.3. The number of nitrogens with zero attached hydrogens (tertiary/aromatic N) is 2. The largest absolute Gasteiger partial charge is 0.506 e. The van der Waals surface area contributed by atoms with E-state index in [1.54, 1.807) is 35.2 Å². The summed E-state index contributed by atoms with van der Waals surface area (Å²) in [6, 6.07) is 18.3. The number of allylic oxidation sites excluding steroid dienone is 1. The molecule has 3 aromatic rings. The fourth-order valence-electron chi connectivity index (χ4n) is 6.44. The number of phenolic OH excluding ortho intramolecular Hbond substituents is 1. The van der Waals surface area contributed by atoms with Crippen molar-refractivity contribution in [2.24, 2.45) is 5.41 Å². The number of ketones is 1. The van der Waals surface area contributed by atoms with Gasteiger partial charge in [0.25, 0.3) is 0 Å². The first-order valence-corrected chi connectivity index (χ1v) is 15.7. The van der Waals surface area contributed by atoms with Crippen molar-refractivity contribution in [1.29, 1.82) is 0 Å². The van der Waals surface area contributed by atoms with Crippen molar-refractivity contribution in [2.75, 3.05) is 29.9 Å². The normalized spacial score (nSPS) is 18.9. The van der Waals surface area contributed by atoms with E-state index < -0.39 is 12.1 Å². The molecule has 2 heterocycles. The van der Waals surface area contributed by atoms with E-state index in [1.807, 2.05) is 44.2 Å². The number of carbonyl (C=O) groups excluding carboxylic acids is 3. The van der Waals surface area contributed by atoms with Gasteiger partial charge in [-0.2, -0.15) is 0 Å². The van der Waals surface area contributed by atoms with Crippen molar-refractivity contribution in [3.05, 3.63) is 94.1 Å². The third-order valence-electron chi connectivity index (χ3n) is 8.59. The maximum Gasteiger partial charge on any atom is 0.323 e. The molecule has 3 amide bonds. The Bertz CT molecular complexity index is 1670. The minimum atomic E-state index is -0.947. The molecule has 3 aliphatic rings. The minimum absolute atomic E-state index is 0.0717. The first-order valence-electron chi connectivity index (χ1n) is 15.3. The van der Waals surface area contributed by atoms with Crippen LogP contribution in [0.2, 0.25) is 5.02 Å². The van der Waals surface area contributed by atoms with Crippen LogP contribution in [0.5, 0.6) is 11.5 Å². The van der Waals surface area contributed by atoms with Crippen LogP contribution in [0.25, 0.3) is 0 Å². The van der Waals surface area contributed by atoms with Crippen molar-refractivity contribution in [3.63, 3.8) is 0 Å². The number of hydrogen-bond acceptors (Lipinski definition) is 6.